The predicted molar refractivity (Wildman–Crippen MR) is 110 cm³/mol. The Kier molecular flexibility index (Phi) is 7.76. The maximum Gasteiger partial charge on any atom is 0.344 e. The SMILES string of the molecule is CC.CCC(O)COC(=O)COc1ccc2sc3ccccc3c(=O)c2c1. The fourth-order valence-electron chi connectivity index (χ4n) is 2.36. The molecule has 0 amide bonds. The molecule has 6 heteroatoms. The molecule has 1 atom stereocenters. The molecule has 1 N–H and O–H groups in total. The lowest BCUT2D eigenvalue weighted by Gasteiger charge is -2.10. The summed E-state index contributed by atoms with van der Waals surface area (Å²) in [5.41, 5.74) is -0.0524. The third kappa shape index (κ3) is 5.28. The minimum absolute atomic E-state index is 0.0468. The van der Waals surface area contributed by atoms with Crippen molar-refractivity contribution in [3.63, 3.8) is 0 Å². The average molecular weight is 388 g/mol. The van der Waals surface area contributed by atoms with E-state index in [-0.39, 0.29) is 18.6 Å². The summed E-state index contributed by atoms with van der Waals surface area (Å²) in [6, 6.07) is 12.7. The number of carbonyl (C=O) groups excluding carboxylic acids is 1. The van der Waals surface area contributed by atoms with E-state index in [0.29, 0.717) is 22.9 Å². The lowest BCUT2D eigenvalue weighted by molar-refractivity contribution is -0.149. The quantitative estimate of drug-likeness (QED) is 0.508. The van der Waals surface area contributed by atoms with Crippen LogP contribution in [0.2, 0.25) is 0 Å². The number of benzene rings is 2. The van der Waals surface area contributed by atoms with Crippen molar-refractivity contribution >= 4 is 37.5 Å². The van der Waals surface area contributed by atoms with Gasteiger partial charge in [0.25, 0.3) is 0 Å². The molecule has 3 rings (SSSR count). The molecule has 1 aromatic heterocycles. The summed E-state index contributed by atoms with van der Waals surface area (Å²) in [6.45, 7) is 5.48. The molecule has 0 aliphatic rings. The highest BCUT2D eigenvalue weighted by atomic mass is 32.1. The minimum Gasteiger partial charge on any atom is -0.482 e. The summed E-state index contributed by atoms with van der Waals surface area (Å²) < 4.78 is 12.1. The van der Waals surface area contributed by atoms with E-state index in [1.54, 1.807) is 25.1 Å². The molecule has 27 heavy (non-hydrogen) atoms. The summed E-state index contributed by atoms with van der Waals surface area (Å²) in [5.74, 6) is -0.128. The first-order chi connectivity index (χ1) is 13.1. The molecule has 0 fully saturated rings. The summed E-state index contributed by atoms with van der Waals surface area (Å²) in [4.78, 5) is 24.2. The van der Waals surface area contributed by atoms with Crippen LogP contribution in [0.5, 0.6) is 5.75 Å². The van der Waals surface area contributed by atoms with Crippen LogP contribution in [0.4, 0.5) is 0 Å². The number of fused-ring (bicyclic) bond motifs is 2. The normalized spacial score (nSPS) is 11.6. The number of carbonyl (C=O) groups is 1. The van der Waals surface area contributed by atoms with Crippen molar-refractivity contribution in [1.29, 1.82) is 0 Å². The first-order valence-corrected chi connectivity index (χ1v) is 9.82. The highest BCUT2D eigenvalue weighted by Crippen LogP contribution is 2.27. The fraction of sp³-hybridized carbons (Fsp3) is 0.333. The fourth-order valence-corrected chi connectivity index (χ4v) is 3.41. The molecule has 1 heterocycles. The Hall–Kier alpha value is -2.44. The molecule has 0 aliphatic carbocycles. The second-order valence-corrected chi connectivity index (χ2v) is 6.70. The monoisotopic (exact) mass is 388 g/mol. The van der Waals surface area contributed by atoms with Crippen molar-refractivity contribution in [2.24, 2.45) is 0 Å². The lowest BCUT2D eigenvalue weighted by Crippen LogP contribution is -2.21. The van der Waals surface area contributed by atoms with Gasteiger partial charge in [-0.1, -0.05) is 32.9 Å². The molecule has 0 saturated heterocycles. The first kappa shape index (κ1) is 20.9. The van der Waals surface area contributed by atoms with E-state index in [2.05, 4.69) is 0 Å². The van der Waals surface area contributed by atoms with Crippen molar-refractivity contribution in [2.45, 2.75) is 33.3 Å². The van der Waals surface area contributed by atoms with Gasteiger partial charge in [-0.3, -0.25) is 4.79 Å². The number of hydrogen-bond donors (Lipinski definition) is 1. The highest BCUT2D eigenvalue weighted by molar-refractivity contribution is 7.24. The van der Waals surface area contributed by atoms with Crippen molar-refractivity contribution in [2.75, 3.05) is 13.2 Å². The van der Waals surface area contributed by atoms with Gasteiger partial charge in [-0.2, -0.15) is 0 Å². The molecule has 0 radical (unpaired) electrons. The van der Waals surface area contributed by atoms with Gasteiger partial charge in [-0.05, 0) is 36.8 Å². The number of rotatable bonds is 6. The molecule has 0 aliphatic heterocycles. The summed E-state index contributed by atoms with van der Waals surface area (Å²) in [7, 11) is 0. The smallest absolute Gasteiger partial charge is 0.344 e. The largest absolute Gasteiger partial charge is 0.482 e. The van der Waals surface area contributed by atoms with Gasteiger partial charge in [0.1, 0.15) is 12.4 Å². The van der Waals surface area contributed by atoms with E-state index in [9.17, 15) is 14.7 Å². The van der Waals surface area contributed by atoms with Crippen LogP contribution in [0.1, 0.15) is 27.2 Å². The standard InChI is InChI=1S/C19H18O5S.C2H6/c1-2-12(20)10-24-18(21)11-23-13-7-8-17-15(9-13)19(22)14-5-3-4-6-16(14)25-17;1-2/h3-9,12,20H,2,10-11H2,1H3;1-2H3. The van der Waals surface area contributed by atoms with Crippen LogP contribution in [-0.4, -0.2) is 30.4 Å². The van der Waals surface area contributed by atoms with E-state index in [1.807, 2.05) is 38.1 Å². The number of esters is 1. The molecular weight excluding hydrogens is 364 g/mol. The molecule has 0 bridgehead atoms. The number of ether oxygens (including phenoxy) is 2. The Bertz CT molecular complexity index is 964. The molecule has 3 aromatic rings. The van der Waals surface area contributed by atoms with E-state index in [0.717, 1.165) is 9.40 Å². The highest BCUT2D eigenvalue weighted by Gasteiger charge is 2.10. The number of aliphatic hydroxyl groups is 1. The summed E-state index contributed by atoms with van der Waals surface area (Å²) in [5, 5.41) is 10.6. The second-order valence-electron chi connectivity index (χ2n) is 5.62. The van der Waals surface area contributed by atoms with Gasteiger partial charge in [0.05, 0.1) is 6.10 Å². The van der Waals surface area contributed by atoms with Gasteiger partial charge >= 0.3 is 5.97 Å². The zero-order valence-corrected chi connectivity index (χ0v) is 16.5. The first-order valence-electron chi connectivity index (χ1n) is 9.00. The van der Waals surface area contributed by atoms with Crippen LogP contribution in [-0.2, 0) is 9.53 Å². The Morgan fingerprint density at radius 2 is 1.81 bits per heavy atom. The average Bonchev–Trinajstić information content (AvgIpc) is 2.72. The van der Waals surface area contributed by atoms with Crippen LogP contribution in [0, 0.1) is 0 Å². The van der Waals surface area contributed by atoms with Crippen molar-refractivity contribution in [3.8, 4) is 5.75 Å². The molecule has 144 valence electrons. The van der Waals surface area contributed by atoms with Gasteiger partial charge in [-0.25, -0.2) is 4.79 Å². The third-order valence-corrected chi connectivity index (χ3v) is 4.96. The lowest BCUT2D eigenvalue weighted by atomic mass is 10.2. The van der Waals surface area contributed by atoms with Crippen molar-refractivity contribution < 1.29 is 19.4 Å². The van der Waals surface area contributed by atoms with Crippen LogP contribution in [0.15, 0.2) is 47.3 Å². The maximum absolute atomic E-state index is 12.6. The molecule has 0 spiro atoms. The third-order valence-electron chi connectivity index (χ3n) is 3.81. The van der Waals surface area contributed by atoms with E-state index in [4.69, 9.17) is 9.47 Å². The maximum atomic E-state index is 12.6. The van der Waals surface area contributed by atoms with Gasteiger partial charge < -0.3 is 14.6 Å². The van der Waals surface area contributed by atoms with E-state index < -0.39 is 12.1 Å². The van der Waals surface area contributed by atoms with Gasteiger partial charge in [0, 0.05) is 20.2 Å². The number of hydrogen-bond acceptors (Lipinski definition) is 6. The van der Waals surface area contributed by atoms with Crippen LogP contribution >= 0.6 is 11.3 Å². The Morgan fingerprint density at radius 3 is 2.56 bits per heavy atom. The summed E-state index contributed by atoms with van der Waals surface area (Å²) in [6.07, 6.45) is -0.150. The molecule has 5 nitrogen and oxygen atoms in total. The van der Waals surface area contributed by atoms with Gasteiger partial charge in [0.15, 0.2) is 12.0 Å². The molecule has 2 aromatic carbocycles. The van der Waals surface area contributed by atoms with E-state index >= 15 is 0 Å². The zero-order chi connectivity index (χ0) is 19.8. The van der Waals surface area contributed by atoms with Crippen LogP contribution in [0.3, 0.4) is 0 Å². The minimum atomic E-state index is -0.664. The Labute approximate surface area is 162 Å². The van der Waals surface area contributed by atoms with Crippen molar-refractivity contribution in [1.82, 2.24) is 0 Å². The van der Waals surface area contributed by atoms with Gasteiger partial charge in [0.2, 0.25) is 0 Å². The van der Waals surface area contributed by atoms with Gasteiger partial charge in [-0.15, -0.1) is 11.3 Å². The second kappa shape index (κ2) is 10.0. The van der Waals surface area contributed by atoms with Crippen LogP contribution in [0.25, 0.3) is 20.2 Å². The molecule has 0 saturated carbocycles. The van der Waals surface area contributed by atoms with Crippen molar-refractivity contribution in [3.05, 3.63) is 52.7 Å². The Morgan fingerprint density at radius 1 is 1.11 bits per heavy atom. The Balaban J connectivity index is 0.00000126. The number of aliphatic hydroxyl groups excluding tert-OH is 1. The molecular formula is C21H24O5S. The zero-order valence-electron chi connectivity index (χ0n) is 15.7. The predicted octanol–water partition coefficient (Wildman–Crippen LogP) is 4.13. The summed E-state index contributed by atoms with van der Waals surface area (Å²) >= 11 is 1.54. The topological polar surface area (TPSA) is 72.8 Å². The molecule has 1 unspecified atom stereocenters. The van der Waals surface area contributed by atoms with E-state index in [1.165, 1.54) is 11.3 Å². The van der Waals surface area contributed by atoms with Crippen LogP contribution < -0.4 is 10.2 Å².